The molecule has 0 aliphatic carbocycles. The van der Waals surface area contributed by atoms with Gasteiger partial charge in [0.15, 0.2) is 8.32 Å². The first-order valence-corrected chi connectivity index (χ1v) is 16.3. The third kappa shape index (κ3) is 6.51. The lowest BCUT2D eigenvalue weighted by molar-refractivity contribution is 0.326. The second kappa shape index (κ2) is 9.14. The minimum atomic E-state index is -1.76. The molecule has 0 amide bonds. The van der Waals surface area contributed by atoms with E-state index in [1.807, 2.05) is 6.92 Å². The highest BCUT2D eigenvalue weighted by Gasteiger charge is 2.22. The third-order valence-corrected chi connectivity index (χ3v) is 8.98. The molecule has 0 radical (unpaired) electrons. The summed E-state index contributed by atoms with van der Waals surface area (Å²) >= 11 is 0. The third-order valence-electron chi connectivity index (χ3n) is 4.50. The maximum absolute atomic E-state index is 12.7. The van der Waals surface area contributed by atoms with Gasteiger partial charge in [-0.05, 0) is 38.9 Å². The van der Waals surface area contributed by atoms with Crippen LogP contribution in [0.2, 0.25) is 44.8 Å². The molecule has 0 spiro atoms. The summed E-state index contributed by atoms with van der Waals surface area (Å²) in [7, 11) is -1.56. The highest BCUT2D eigenvalue weighted by Crippen LogP contribution is 2.13. The number of nitrogens with zero attached hydrogens (tertiary/aromatic N) is 3. The van der Waals surface area contributed by atoms with Crippen molar-refractivity contribution in [2.45, 2.75) is 77.7 Å². The fourth-order valence-corrected chi connectivity index (χ4v) is 6.18. The Balaban J connectivity index is 3.01. The molecule has 1 aromatic rings. The minimum absolute atomic E-state index is 0.323. The quantitative estimate of drug-likeness (QED) is 0.563. The van der Waals surface area contributed by atoms with Crippen LogP contribution in [0, 0.1) is 0 Å². The highest BCUT2D eigenvalue weighted by atomic mass is 28.4. The Labute approximate surface area is 157 Å². The van der Waals surface area contributed by atoms with E-state index in [9.17, 15) is 14.4 Å². The van der Waals surface area contributed by atoms with Crippen LogP contribution >= 0.6 is 0 Å². The summed E-state index contributed by atoms with van der Waals surface area (Å²) in [5, 5.41) is 0. The Hall–Kier alpha value is -1.20. The Morgan fingerprint density at radius 1 is 0.808 bits per heavy atom. The van der Waals surface area contributed by atoms with Crippen LogP contribution in [0.15, 0.2) is 14.4 Å². The molecule has 7 nitrogen and oxygen atoms in total. The van der Waals surface area contributed by atoms with Gasteiger partial charge in [0.05, 0.1) is 0 Å². The average Bonchev–Trinajstić information content (AvgIpc) is 2.51. The van der Waals surface area contributed by atoms with Crippen molar-refractivity contribution in [1.29, 1.82) is 0 Å². The van der Waals surface area contributed by atoms with Crippen LogP contribution in [0.4, 0.5) is 0 Å². The van der Waals surface area contributed by atoms with E-state index in [2.05, 4.69) is 32.7 Å². The lowest BCUT2D eigenvalue weighted by atomic mass is 10.4. The lowest BCUT2D eigenvalue weighted by Gasteiger charge is -2.22. The Bertz CT molecular complexity index is 772. The first kappa shape index (κ1) is 22.8. The van der Waals surface area contributed by atoms with Gasteiger partial charge >= 0.3 is 17.1 Å². The smallest absolute Gasteiger partial charge is 0.336 e. The summed E-state index contributed by atoms with van der Waals surface area (Å²) in [5.74, 6) is 0. The highest BCUT2D eigenvalue weighted by molar-refractivity contribution is 6.76. The second-order valence-corrected chi connectivity index (χ2v) is 18.6. The largest absolute Gasteiger partial charge is 0.418 e. The van der Waals surface area contributed by atoms with Gasteiger partial charge in [0.1, 0.15) is 0 Å². The predicted molar refractivity (Wildman–Crippen MR) is 112 cm³/mol. The molecule has 0 saturated carbocycles. The molecule has 1 heterocycles. The maximum atomic E-state index is 12.7. The van der Waals surface area contributed by atoms with Crippen molar-refractivity contribution in [2.24, 2.45) is 7.05 Å². The summed E-state index contributed by atoms with van der Waals surface area (Å²) in [5.41, 5.74) is -1.53. The zero-order valence-electron chi connectivity index (χ0n) is 17.4. The molecule has 150 valence electrons. The van der Waals surface area contributed by atoms with Gasteiger partial charge in [-0.3, -0.25) is 0 Å². The molecule has 26 heavy (non-hydrogen) atoms. The lowest BCUT2D eigenvalue weighted by Crippen LogP contribution is -2.53. The van der Waals surface area contributed by atoms with Gasteiger partial charge in [0.2, 0.25) is 0 Å². The van der Waals surface area contributed by atoms with E-state index in [-0.39, 0.29) is 0 Å². The molecule has 9 heteroatoms. The zero-order chi connectivity index (χ0) is 20.1. The monoisotopic (exact) mass is 401 g/mol. The second-order valence-electron chi connectivity index (χ2n) is 8.67. The number of hydrogen-bond acceptors (Lipinski definition) is 4. The van der Waals surface area contributed by atoms with E-state index >= 15 is 0 Å². The number of aromatic nitrogens is 3. The molecule has 0 aliphatic heterocycles. The molecule has 0 fully saturated rings. The van der Waals surface area contributed by atoms with Crippen LogP contribution in [-0.2, 0) is 24.6 Å². The van der Waals surface area contributed by atoms with Crippen molar-refractivity contribution < 1.29 is 4.43 Å². The standard InChI is InChI=1S/C17H35N3O4Si2/c1-8-24-26(6,7)14-10-12-20-16(22)18(2)15(21)19(17(20)23)11-9-13-25(3,4)5/h8-14H2,1-7H3. The van der Waals surface area contributed by atoms with Gasteiger partial charge < -0.3 is 4.43 Å². The summed E-state index contributed by atoms with van der Waals surface area (Å²) in [6.07, 6.45) is 1.48. The normalized spacial score (nSPS) is 12.6. The van der Waals surface area contributed by atoms with Crippen molar-refractivity contribution >= 4 is 16.4 Å². The Kier molecular flexibility index (Phi) is 8.03. The molecule has 0 atom stereocenters. The predicted octanol–water partition coefficient (Wildman–Crippen LogP) is 2.07. The van der Waals surface area contributed by atoms with Crippen LogP contribution in [-0.4, -0.2) is 36.7 Å². The van der Waals surface area contributed by atoms with Gasteiger partial charge in [-0.25, -0.2) is 28.1 Å². The molecule has 1 rings (SSSR count). The van der Waals surface area contributed by atoms with Crippen molar-refractivity contribution in [3.8, 4) is 0 Å². The van der Waals surface area contributed by atoms with Gasteiger partial charge in [-0.2, -0.15) is 0 Å². The number of hydrogen-bond donors (Lipinski definition) is 0. The van der Waals surface area contributed by atoms with Crippen LogP contribution in [0.5, 0.6) is 0 Å². The Morgan fingerprint density at radius 3 is 1.69 bits per heavy atom. The first-order valence-electron chi connectivity index (χ1n) is 9.44. The molecular formula is C17H35N3O4Si2. The fourth-order valence-electron chi connectivity index (χ4n) is 3.03. The zero-order valence-corrected chi connectivity index (χ0v) is 19.4. The van der Waals surface area contributed by atoms with Crippen LogP contribution < -0.4 is 17.1 Å². The van der Waals surface area contributed by atoms with Gasteiger partial charge in [-0.1, -0.05) is 25.7 Å². The van der Waals surface area contributed by atoms with Gasteiger partial charge in [-0.15, -0.1) is 0 Å². The van der Waals surface area contributed by atoms with E-state index in [1.54, 1.807) is 0 Å². The van der Waals surface area contributed by atoms with Crippen LogP contribution in [0.3, 0.4) is 0 Å². The van der Waals surface area contributed by atoms with Gasteiger partial charge in [0, 0.05) is 34.8 Å². The van der Waals surface area contributed by atoms with Crippen LogP contribution in [0.25, 0.3) is 0 Å². The Morgan fingerprint density at radius 2 is 1.27 bits per heavy atom. The van der Waals surface area contributed by atoms with E-state index in [0.29, 0.717) is 26.1 Å². The summed E-state index contributed by atoms with van der Waals surface area (Å²) in [6.45, 7) is 14.4. The topological polar surface area (TPSA) is 75.2 Å². The van der Waals surface area contributed by atoms with Crippen molar-refractivity contribution in [1.82, 2.24) is 13.7 Å². The molecule has 0 aromatic carbocycles. The molecule has 0 saturated heterocycles. The van der Waals surface area contributed by atoms with Crippen LogP contribution in [0.1, 0.15) is 19.8 Å². The summed E-state index contributed by atoms with van der Waals surface area (Å²) < 4.78 is 9.25. The molecular weight excluding hydrogens is 366 g/mol. The SMILES string of the molecule is CCO[Si](C)(C)CCCn1c(=O)n(C)c(=O)n(CCC[Si](C)(C)C)c1=O. The molecule has 0 unspecified atom stereocenters. The van der Waals surface area contributed by atoms with Crippen molar-refractivity contribution in [2.75, 3.05) is 6.61 Å². The van der Waals surface area contributed by atoms with E-state index in [4.69, 9.17) is 4.43 Å². The molecule has 0 aliphatic rings. The maximum Gasteiger partial charge on any atom is 0.336 e. The van der Waals surface area contributed by atoms with E-state index < -0.39 is 33.5 Å². The fraction of sp³-hybridized carbons (Fsp3) is 0.824. The van der Waals surface area contributed by atoms with Gasteiger partial charge in [0.25, 0.3) is 0 Å². The van der Waals surface area contributed by atoms with Crippen molar-refractivity contribution in [3.63, 3.8) is 0 Å². The average molecular weight is 402 g/mol. The summed E-state index contributed by atoms with van der Waals surface area (Å²) in [6, 6.07) is 1.90. The van der Waals surface area contributed by atoms with Crippen molar-refractivity contribution in [3.05, 3.63) is 31.5 Å². The molecule has 0 bridgehead atoms. The van der Waals surface area contributed by atoms with E-state index in [0.717, 1.165) is 23.1 Å². The first-order chi connectivity index (χ1) is 11.9. The van der Waals surface area contributed by atoms with E-state index in [1.165, 1.54) is 16.2 Å². The number of rotatable bonds is 10. The molecule has 0 N–H and O–H groups in total. The minimum Gasteiger partial charge on any atom is -0.418 e. The molecule has 1 aromatic heterocycles. The summed E-state index contributed by atoms with van der Waals surface area (Å²) in [4.78, 5) is 37.4.